The van der Waals surface area contributed by atoms with E-state index in [-0.39, 0.29) is 23.6 Å². The Morgan fingerprint density at radius 2 is 2.13 bits per heavy atom. The van der Waals surface area contributed by atoms with Gasteiger partial charge in [-0.25, -0.2) is 0 Å². The normalized spacial score (nSPS) is 10.3. The largest absolute Gasteiger partial charge is 0.507 e. The molecule has 15 heavy (non-hydrogen) atoms. The molecule has 0 aliphatic carbocycles. The van der Waals surface area contributed by atoms with Gasteiger partial charge in [0, 0.05) is 4.90 Å². The SMILES string of the molecule is CC(C)OC(=O)CSc1ccccc1O. The second-order valence-electron chi connectivity index (χ2n) is 3.30. The molecule has 0 aliphatic heterocycles. The topological polar surface area (TPSA) is 46.5 Å². The second kappa shape index (κ2) is 5.66. The summed E-state index contributed by atoms with van der Waals surface area (Å²) >= 11 is 1.27. The molecule has 1 aromatic carbocycles. The van der Waals surface area contributed by atoms with Crippen LogP contribution in [0.1, 0.15) is 13.8 Å². The molecular weight excluding hydrogens is 212 g/mol. The van der Waals surface area contributed by atoms with Crippen LogP contribution in [-0.4, -0.2) is 22.9 Å². The number of esters is 1. The molecule has 0 heterocycles. The zero-order valence-electron chi connectivity index (χ0n) is 8.77. The highest BCUT2D eigenvalue weighted by atomic mass is 32.2. The maximum absolute atomic E-state index is 11.2. The lowest BCUT2D eigenvalue weighted by atomic mass is 10.3. The third kappa shape index (κ3) is 4.25. The first-order chi connectivity index (χ1) is 7.09. The summed E-state index contributed by atoms with van der Waals surface area (Å²) in [5, 5.41) is 9.43. The summed E-state index contributed by atoms with van der Waals surface area (Å²) in [6, 6.07) is 6.92. The van der Waals surface area contributed by atoms with E-state index in [0.717, 1.165) is 0 Å². The van der Waals surface area contributed by atoms with E-state index < -0.39 is 0 Å². The molecule has 0 fully saturated rings. The van der Waals surface area contributed by atoms with Gasteiger partial charge in [-0.1, -0.05) is 12.1 Å². The molecule has 82 valence electrons. The molecule has 0 unspecified atom stereocenters. The predicted octanol–water partition coefficient (Wildman–Crippen LogP) is 2.44. The van der Waals surface area contributed by atoms with E-state index in [4.69, 9.17) is 4.74 Å². The third-order valence-corrected chi connectivity index (χ3v) is 2.61. The summed E-state index contributed by atoms with van der Waals surface area (Å²) in [7, 11) is 0. The molecule has 0 saturated heterocycles. The van der Waals surface area contributed by atoms with Crippen molar-refractivity contribution in [1.82, 2.24) is 0 Å². The maximum Gasteiger partial charge on any atom is 0.316 e. The summed E-state index contributed by atoms with van der Waals surface area (Å²) in [4.78, 5) is 11.9. The van der Waals surface area contributed by atoms with Crippen molar-refractivity contribution in [3.63, 3.8) is 0 Å². The minimum atomic E-state index is -0.266. The number of rotatable bonds is 4. The van der Waals surface area contributed by atoms with Gasteiger partial charge in [0.2, 0.25) is 0 Å². The quantitative estimate of drug-likeness (QED) is 0.632. The molecule has 0 bridgehead atoms. The Labute approximate surface area is 93.4 Å². The van der Waals surface area contributed by atoms with Crippen LogP contribution in [0.2, 0.25) is 0 Å². The van der Waals surface area contributed by atoms with Crippen molar-refractivity contribution >= 4 is 17.7 Å². The van der Waals surface area contributed by atoms with Gasteiger partial charge in [-0.15, -0.1) is 11.8 Å². The van der Waals surface area contributed by atoms with E-state index in [9.17, 15) is 9.90 Å². The summed E-state index contributed by atoms with van der Waals surface area (Å²) in [6.45, 7) is 3.62. The number of ether oxygens (including phenoxy) is 1. The summed E-state index contributed by atoms with van der Waals surface area (Å²) in [6.07, 6.45) is -0.0949. The van der Waals surface area contributed by atoms with E-state index in [1.807, 2.05) is 19.9 Å². The van der Waals surface area contributed by atoms with Gasteiger partial charge in [0.05, 0.1) is 11.9 Å². The van der Waals surface area contributed by atoms with Crippen molar-refractivity contribution in [3.8, 4) is 5.75 Å². The van der Waals surface area contributed by atoms with Gasteiger partial charge < -0.3 is 9.84 Å². The number of carbonyl (C=O) groups excluding carboxylic acids is 1. The lowest BCUT2D eigenvalue weighted by molar-refractivity contribution is -0.144. The van der Waals surface area contributed by atoms with Crippen molar-refractivity contribution in [2.45, 2.75) is 24.8 Å². The van der Waals surface area contributed by atoms with Crippen molar-refractivity contribution in [2.24, 2.45) is 0 Å². The Kier molecular flexibility index (Phi) is 4.49. The predicted molar refractivity (Wildman–Crippen MR) is 60.1 cm³/mol. The highest BCUT2D eigenvalue weighted by Gasteiger charge is 2.08. The average Bonchev–Trinajstić information content (AvgIpc) is 2.15. The molecule has 1 aromatic rings. The van der Waals surface area contributed by atoms with E-state index >= 15 is 0 Å². The van der Waals surface area contributed by atoms with E-state index in [1.165, 1.54) is 11.8 Å². The number of phenolic OH excluding ortho intramolecular Hbond substituents is 1. The highest BCUT2D eigenvalue weighted by Crippen LogP contribution is 2.27. The number of hydrogen-bond acceptors (Lipinski definition) is 4. The van der Waals surface area contributed by atoms with Gasteiger partial charge in [0.25, 0.3) is 0 Å². The lowest BCUT2D eigenvalue weighted by Crippen LogP contribution is -2.13. The minimum Gasteiger partial charge on any atom is -0.507 e. The number of aromatic hydroxyl groups is 1. The molecule has 0 radical (unpaired) electrons. The molecule has 3 nitrogen and oxygen atoms in total. The van der Waals surface area contributed by atoms with E-state index in [0.29, 0.717) is 4.90 Å². The fraction of sp³-hybridized carbons (Fsp3) is 0.364. The minimum absolute atomic E-state index is 0.0949. The molecule has 0 spiro atoms. The zero-order valence-corrected chi connectivity index (χ0v) is 9.58. The molecule has 1 N–H and O–H groups in total. The summed E-state index contributed by atoms with van der Waals surface area (Å²) in [5.74, 6) is 0.147. The van der Waals surface area contributed by atoms with Gasteiger partial charge in [0.15, 0.2) is 0 Å². The van der Waals surface area contributed by atoms with Crippen molar-refractivity contribution in [2.75, 3.05) is 5.75 Å². The van der Waals surface area contributed by atoms with Crippen LogP contribution in [0.5, 0.6) is 5.75 Å². The van der Waals surface area contributed by atoms with Crippen LogP contribution in [0, 0.1) is 0 Å². The second-order valence-corrected chi connectivity index (χ2v) is 4.31. The van der Waals surface area contributed by atoms with Crippen molar-refractivity contribution in [1.29, 1.82) is 0 Å². The maximum atomic E-state index is 11.2. The average molecular weight is 226 g/mol. The molecule has 0 amide bonds. The molecule has 0 atom stereocenters. The number of phenols is 1. The van der Waals surface area contributed by atoms with Gasteiger partial charge in [0.1, 0.15) is 5.75 Å². The van der Waals surface area contributed by atoms with Crippen LogP contribution in [-0.2, 0) is 9.53 Å². The first-order valence-electron chi connectivity index (χ1n) is 4.70. The van der Waals surface area contributed by atoms with Gasteiger partial charge in [-0.3, -0.25) is 4.79 Å². The standard InChI is InChI=1S/C11H14O3S/c1-8(2)14-11(13)7-15-10-6-4-3-5-9(10)12/h3-6,8,12H,7H2,1-2H3. The Morgan fingerprint density at radius 1 is 1.47 bits per heavy atom. The van der Waals surface area contributed by atoms with Crippen LogP contribution in [0.4, 0.5) is 0 Å². The van der Waals surface area contributed by atoms with Crippen molar-refractivity contribution in [3.05, 3.63) is 24.3 Å². The Hall–Kier alpha value is -1.16. The Balaban J connectivity index is 2.44. The number of benzene rings is 1. The molecule has 4 heteroatoms. The van der Waals surface area contributed by atoms with Gasteiger partial charge >= 0.3 is 5.97 Å². The van der Waals surface area contributed by atoms with Crippen LogP contribution in [0.15, 0.2) is 29.2 Å². The third-order valence-electron chi connectivity index (χ3n) is 1.58. The van der Waals surface area contributed by atoms with E-state index in [2.05, 4.69) is 0 Å². The van der Waals surface area contributed by atoms with E-state index in [1.54, 1.807) is 18.2 Å². The first-order valence-corrected chi connectivity index (χ1v) is 5.68. The fourth-order valence-electron chi connectivity index (χ4n) is 1.01. The van der Waals surface area contributed by atoms with Crippen LogP contribution in [0.25, 0.3) is 0 Å². The molecule has 0 saturated carbocycles. The van der Waals surface area contributed by atoms with Crippen molar-refractivity contribution < 1.29 is 14.6 Å². The number of carbonyl (C=O) groups is 1. The smallest absolute Gasteiger partial charge is 0.316 e. The highest BCUT2D eigenvalue weighted by molar-refractivity contribution is 8.00. The first kappa shape index (κ1) is 11.9. The number of para-hydroxylation sites is 1. The van der Waals surface area contributed by atoms with Crippen LogP contribution in [0.3, 0.4) is 0 Å². The zero-order chi connectivity index (χ0) is 11.3. The summed E-state index contributed by atoms with van der Waals surface area (Å²) < 4.78 is 4.97. The monoisotopic (exact) mass is 226 g/mol. The Morgan fingerprint density at radius 3 is 2.73 bits per heavy atom. The molecular formula is C11H14O3S. The van der Waals surface area contributed by atoms with Crippen LogP contribution < -0.4 is 0 Å². The van der Waals surface area contributed by atoms with Crippen LogP contribution >= 0.6 is 11.8 Å². The van der Waals surface area contributed by atoms with Gasteiger partial charge in [-0.2, -0.15) is 0 Å². The molecule has 1 rings (SSSR count). The lowest BCUT2D eigenvalue weighted by Gasteiger charge is -2.07. The molecule has 0 aromatic heterocycles. The Bertz CT molecular complexity index is 336. The van der Waals surface area contributed by atoms with Gasteiger partial charge in [-0.05, 0) is 26.0 Å². The fourth-order valence-corrected chi connectivity index (χ4v) is 1.74. The summed E-state index contributed by atoms with van der Waals surface area (Å²) in [5.41, 5.74) is 0. The number of hydrogen-bond donors (Lipinski definition) is 1. The molecule has 0 aliphatic rings. The number of thioether (sulfide) groups is 1.